The molecule has 132 valence electrons. The van der Waals surface area contributed by atoms with Gasteiger partial charge in [0.05, 0.1) is 0 Å². The van der Waals surface area contributed by atoms with Crippen LogP contribution in [0.1, 0.15) is 38.5 Å². The van der Waals surface area contributed by atoms with Gasteiger partial charge in [0.25, 0.3) is 10.1 Å². The second-order valence-electron chi connectivity index (χ2n) is 7.54. The molecule has 0 aliphatic heterocycles. The minimum absolute atomic E-state index is 0.458. The van der Waals surface area contributed by atoms with Gasteiger partial charge in [-0.2, -0.15) is 8.42 Å². The van der Waals surface area contributed by atoms with Crippen molar-refractivity contribution < 1.29 is 22.9 Å². The molecule has 5 rings (SSSR count). The van der Waals surface area contributed by atoms with Crippen LogP contribution in [0.4, 0.5) is 0 Å². The first kappa shape index (κ1) is 17.4. The van der Waals surface area contributed by atoms with E-state index in [0.717, 1.165) is 19.3 Å². The zero-order chi connectivity index (χ0) is 17.4. The summed E-state index contributed by atoms with van der Waals surface area (Å²) in [5, 5.41) is 7.60. The number of carbonyl (C=O) groups is 1. The Labute approximate surface area is 142 Å². The van der Waals surface area contributed by atoms with Gasteiger partial charge in [-0.05, 0) is 68.4 Å². The lowest BCUT2D eigenvalue weighted by atomic mass is 9.48. The third-order valence-electron chi connectivity index (χ3n) is 5.73. The fourth-order valence-electron chi connectivity index (χ4n) is 5.52. The molecule has 4 fully saturated rings. The summed E-state index contributed by atoms with van der Waals surface area (Å²) in [4.78, 5) is 15.1. The van der Waals surface area contributed by atoms with E-state index in [2.05, 4.69) is 4.98 Å². The van der Waals surface area contributed by atoms with Crippen LogP contribution in [0, 0.1) is 23.2 Å². The fourth-order valence-corrected chi connectivity index (χ4v) is 6.69. The van der Waals surface area contributed by atoms with Gasteiger partial charge in [-0.3, -0.25) is 14.3 Å². The Morgan fingerprint density at radius 1 is 1.00 bits per heavy atom. The van der Waals surface area contributed by atoms with Crippen molar-refractivity contribution in [3.8, 4) is 0 Å². The van der Waals surface area contributed by atoms with Crippen molar-refractivity contribution in [1.29, 1.82) is 0 Å². The van der Waals surface area contributed by atoms with Crippen molar-refractivity contribution in [2.75, 3.05) is 0 Å². The summed E-state index contributed by atoms with van der Waals surface area (Å²) in [6.45, 7) is 0. The molecular formula is C17H23NO5S. The lowest BCUT2D eigenvalue weighted by Crippen LogP contribution is -2.56. The number of carboxylic acids is 1. The SMILES string of the molecule is O=C(O)C(C12CC3CC(CC(C3)C1)C2)S(=O)(=O)O.c1ccncc1. The van der Waals surface area contributed by atoms with Gasteiger partial charge in [-0.1, -0.05) is 6.07 Å². The van der Waals surface area contributed by atoms with Crippen molar-refractivity contribution in [1.82, 2.24) is 4.98 Å². The molecule has 4 aliphatic rings. The molecule has 0 aromatic carbocycles. The highest BCUT2D eigenvalue weighted by Crippen LogP contribution is 2.62. The molecule has 2 N–H and O–H groups in total. The number of carboxylic acid groups (broad SMARTS) is 1. The third kappa shape index (κ3) is 3.47. The first-order chi connectivity index (χ1) is 11.3. The van der Waals surface area contributed by atoms with Crippen molar-refractivity contribution >= 4 is 16.1 Å². The molecule has 1 aromatic rings. The number of nitrogens with zero attached hydrogens (tertiary/aromatic N) is 1. The van der Waals surface area contributed by atoms with Gasteiger partial charge < -0.3 is 5.11 Å². The maximum absolute atomic E-state index is 11.5. The predicted molar refractivity (Wildman–Crippen MR) is 87.8 cm³/mol. The average Bonchev–Trinajstić information content (AvgIpc) is 2.45. The van der Waals surface area contributed by atoms with Gasteiger partial charge >= 0.3 is 5.97 Å². The molecule has 0 amide bonds. The molecule has 0 saturated heterocycles. The summed E-state index contributed by atoms with van der Waals surface area (Å²) < 4.78 is 32.2. The van der Waals surface area contributed by atoms with Gasteiger partial charge in [-0.15, -0.1) is 0 Å². The summed E-state index contributed by atoms with van der Waals surface area (Å²) in [6.07, 6.45) is 8.77. The first-order valence-corrected chi connectivity index (χ1v) is 9.84. The number of aromatic nitrogens is 1. The molecule has 4 aliphatic carbocycles. The van der Waals surface area contributed by atoms with Gasteiger partial charge in [0.15, 0.2) is 5.25 Å². The van der Waals surface area contributed by atoms with Crippen LogP contribution in [0.5, 0.6) is 0 Å². The summed E-state index contributed by atoms with van der Waals surface area (Å²) in [7, 11) is -4.53. The highest BCUT2D eigenvalue weighted by Gasteiger charge is 2.59. The van der Waals surface area contributed by atoms with Gasteiger partial charge in [0.2, 0.25) is 0 Å². The van der Waals surface area contributed by atoms with Crippen LogP contribution in [0.2, 0.25) is 0 Å². The Morgan fingerprint density at radius 2 is 1.46 bits per heavy atom. The normalized spacial score (nSPS) is 35.0. The van der Waals surface area contributed by atoms with E-state index < -0.39 is 26.8 Å². The molecule has 6 nitrogen and oxygen atoms in total. The van der Waals surface area contributed by atoms with Crippen molar-refractivity contribution in [3.05, 3.63) is 30.6 Å². The van der Waals surface area contributed by atoms with Gasteiger partial charge in [-0.25, -0.2) is 0 Å². The smallest absolute Gasteiger partial charge is 0.324 e. The van der Waals surface area contributed by atoms with E-state index in [1.807, 2.05) is 18.2 Å². The molecule has 1 unspecified atom stereocenters. The third-order valence-corrected chi connectivity index (χ3v) is 7.03. The number of hydrogen-bond donors (Lipinski definition) is 2. The molecule has 4 bridgehead atoms. The van der Waals surface area contributed by atoms with E-state index in [4.69, 9.17) is 0 Å². The van der Waals surface area contributed by atoms with Crippen molar-refractivity contribution in [2.45, 2.75) is 43.8 Å². The highest BCUT2D eigenvalue weighted by molar-refractivity contribution is 7.87. The number of rotatable bonds is 3. The Hall–Kier alpha value is -1.47. The standard InChI is InChI=1S/C12H18O5S.C5H5N/c13-11(14)10(18(15,16)17)12-4-7-1-8(5-12)3-9(2-7)6-12;1-2-4-6-5-3-1/h7-10H,1-6H2,(H,13,14)(H,15,16,17);1-5H. The second-order valence-corrected chi connectivity index (χ2v) is 9.04. The lowest BCUT2D eigenvalue weighted by Gasteiger charge is -2.57. The maximum atomic E-state index is 11.5. The monoisotopic (exact) mass is 353 g/mol. The van der Waals surface area contributed by atoms with Crippen LogP contribution >= 0.6 is 0 Å². The minimum Gasteiger partial charge on any atom is -0.480 e. The van der Waals surface area contributed by atoms with Crippen LogP contribution in [0.15, 0.2) is 30.6 Å². The van der Waals surface area contributed by atoms with E-state index in [0.29, 0.717) is 37.0 Å². The minimum atomic E-state index is -4.53. The van der Waals surface area contributed by atoms with Crippen LogP contribution in [-0.4, -0.2) is 34.3 Å². The Bertz CT molecular complexity index is 626. The Balaban J connectivity index is 0.000000238. The average molecular weight is 353 g/mol. The molecular weight excluding hydrogens is 330 g/mol. The number of hydrogen-bond acceptors (Lipinski definition) is 4. The Morgan fingerprint density at radius 3 is 1.71 bits per heavy atom. The zero-order valence-electron chi connectivity index (χ0n) is 13.4. The number of pyridine rings is 1. The van der Waals surface area contributed by atoms with Crippen molar-refractivity contribution in [2.24, 2.45) is 23.2 Å². The van der Waals surface area contributed by atoms with Crippen LogP contribution < -0.4 is 0 Å². The van der Waals surface area contributed by atoms with E-state index in [1.54, 1.807) is 12.4 Å². The molecule has 1 aromatic heterocycles. The number of aliphatic carboxylic acids is 1. The van der Waals surface area contributed by atoms with Crippen molar-refractivity contribution in [3.63, 3.8) is 0 Å². The van der Waals surface area contributed by atoms with E-state index in [9.17, 15) is 22.9 Å². The molecule has 7 heteroatoms. The summed E-state index contributed by atoms with van der Waals surface area (Å²) in [5.74, 6) is -0.0148. The summed E-state index contributed by atoms with van der Waals surface area (Å²) in [6, 6.07) is 5.72. The van der Waals surface area contributed by atoms with Gasteiger partial charge in [0, 0.05) is 17.8 Å². The molecule has 0 spiro atoms. The molecule has 1 atom stereocenters. The summed E-state index contributed by atoms with van der Waals surface area (Å²) in [5.41, 5.74) is -0.714. The molecule has 0 radical (unpaired) electrons. The van der Waals surface area contributed by atoms with E-state index in [1.165, 1.54) is 0 Å². The quantitative estimate of drug-likeness (QED) is 0.810. The van der Waals surface area contributed by atoms with Gasteiger partial charge in [0.1, 0.15) is 0 Å². The second kappa shape index (κ2) is 6.44. The van der Waals surface area contributed by atoms with Crippen LogP contribution in [-0.2, 0) is 14.9 Å². The zero-order valence-corrected chi connectivity index (χ0v) is 14.2. The fraction of sp³-hybridized carbons (Fsp3) is 0.647. The topological polar surface area (TPSA) is 105 Å². The van der Waals surface area contributed by atoms with Crippen LogP contribution in [0.3, 0.4) is 0 Å². The first-order valence-electron chi connectivity index (χ1n) is 8.34. The summed E-state index contributed by atoms with van der Waals surface area (Å²) >= 11 is 0. The molecule has 24 heavy (non-hydrogen) atoms. The predicted octanol–water partition coefficient (Wildman–Crippen LogP) is 2.63. The Kier molecular flexibility index (Phi) is 4.66. The molecule has 4 saturated carbocycles. The maximum Gasteiger partial charge on any atom is 0.324 e. The molecule has 1 heterocycles. The van der Waals surface area contributed by atoms with Crippen LogP contribution in [0.25, 0.3) is 0 Å². The van der Waals surface area contributed by atoms with E-state index >= 15 is 0 Å². The highest BCUT2D eigenvalue weighted by atomic mass is 32.2. The largest absolute Gasteiger partial charge is 0.480 e. The van der Waals surface area contributed by atoms with E-state index in [-0.39, 0.29) is 0 Å². The lowest BCUT2D eigenvalue weighted by molar-refractivity contribution is -0.144.